The highest BCUT2D eigenvalue weighted by Gasteiger charge is 2.14. The number of hydrogen-bond acceptors (Lipinski definition) is 7. The average Bonchev–Trinajstić information content (AvgIpc) is 2.77. The molecule has 1 aromatic heterocycles. The summed E-state index contributed by atoms with van der Waals surface area (Å²) >= 11 is 0. The lowest BCUT2D eigenvalue weighted by molar-refractivity contribution is 0.0601. The number of aromatic nitrogens is 2. The van der Waals surface area contributed by atoms with E-state index in [2.05, 4.69) is 20.6 Å². The van der Waals surface area contributed by atoms with Crippen molar-refractivity contribution in [2.75, 3.05) is 19.5 Å². The van der Waals surface area contributed by atoms with Crippen molar-refractivity contribution in [1.29, 1.82) is 0 Å². The maximum atomic E-state index is 12.5. The molecule has 0 aliphatic rings. The van der Waals surface area contributed by atoms with E-state index in [1.807, 2.05) is 24.3 Å². The number of methoxy groups -OCH3 is 2. The number of nitrogens with one attached hydrogen (secondary N) is 2. The van der Waals surface area contributed by atoms with E-state index in [1.165, 1.54) is 19.5 Å². The van der Waals surface area contributed by atoms with E-state index < -0.39 is 5.97 Å². The molecule has 3 aromatic rings. The highest BCUT2D eigenvalue weighted by molar-refractivity contribution is 5.97. The Bertz CT molecular complexity index is 1020. The SMILES string of the molecule is COC(=O)c1ccccc1Nc1cc(C(=O)NCc2ccccc2OC)ncn1. The van der Waals surface area contributed by atoms with Gasteiger partial charge in [-0.05, 0) is 18.2 Å². The molecule has 148 valence electrons. The lowest BCUT2D eigenvalue weighted by Crippen LogP contribution is -2.24. The van der Waals surface area contributed by atoms with E-state index in [0.29, 0.717) is 29.4 Å². The Kier molecular flexibility index (Phi) is 6.36. The quantitative estimate of drug-likeness (QED) is 0.596. The van der Waals surface area contributed by atoms with Gasteiger partial charge in [0.05, 0.1) is 25.5 Å². The molecule has 1 amide bonds. The highest BCUT2D eigenvalue weighted by Crippen LogP contribution is 2.21. The lowest BCUT2D eigenvalue weighted by atomic mass is 10.2. The molecule has 0 unspecified atom stereocenters. The van der Waals surface area contributed by atoms with E-state index >= 15 is 0 Å². The van der Waals surface area contributed by atoms with Crippen molar-refractivity contribution in [2.24, 2.45) is 0 Å². The van der Waals surface area contributed by atoms with Gasteiger partial charge in [0.2, 0.25) is 0 Å². The van der Waals surface area contributed by atoms with Crippen LogP contribution < -0.4 is 15.4 Å². The summed E-state index contributed by atoms with van der Waals surface area (Å²) < 4.78 is 10.1. The van der Waals surface area contributed by atoms with Gasteiger partial charge in [0.15, 0.2) is 0 Å². The van der Waals surface area contributed by atoms with Crippen LogP contribution in [0.2, 0.25) is 0 Å². The molecule has 0 aliphatic carbocycles. The Labute approximate surface area is 167 Å². The van der Waals surface area contributed by atoms with E-state index in [4.69, 9.17) is 9.47 Å². The van der Waals surface area contributed by atoms with Crippen molar-refractivity contribution < 1.29 is 19.1 Å². The Morgan fingerprint density at radius 1 is 1.00 bits per heavy atom. The fraction of sp³-hybridized carbons (Fsp3) is 0.143. The Hall–Kier alpha value is -3.94. The monoisotopic (exact) mass is 392 g/mol. The third-order valence-corrected chi connectivity index (χ3v) is 4.13. The van der Waals surface area contributed by atoms with Gasteiger partial charge in [0.25, 0.3) is 5.91 Å². The number of benzene rings is 2. The zero-order chi connectivity index (χ0) is 20.6. The van der Waals surface area contributed by atoms with Gasteiger partial charge in [-0.15, -0.1) is 0 Å². The first kappa shape index (κ1) is 19.8. The van der Waals surface area contributed by atoms with Crippen LogP contribution in [0, 0.1) is 0 Å². The highest BCUT2D eigenvalue weighted by atomic mass is 16.5. The van der Waals surface area contributed by atoms with E-state index in [1.54, 1.807) is 31.4 Å². The second-order valence-electron chi connectivity index (χ2n) is 5.95. The summed E-state index contributed by atoms with van der Waals surface area (Å²) in [5.41, 5.74) is 1.91. The molecule has 0 saturated carbocycles. The van der Waals surface area contributed by atoms with Crippen LogP contribution >= 0.6 is 0 Å². The number of rotatable bonds is 7. The largest absolute Gasteiger partial charge is 0.496 e. The van der Waals surface area contributed by atoms with Crippen LogP contribution in [0.3, 0.4) is 0 Å². The number of hydrogen-bond donors (Lipinski definition) is 2. The first-order valence-corrected chi connectivity index (χ1v) is 8.79. The summed E-state index contributed by atoms with van der Waals surface area (Å²) in [4.78, 5) is 32.5. The number of nitrogens with zero attached hydrogens (tertiary/aromatic N) is 2. The molecular weight excluding hydrogens is 372 g/mol. The van der Waals surface area contributed by atoms with Gasteiger partial charge in [-0.3, -0.25) is 4.79 Å². The minimum absolute atomic E-state index is 0.188. The summed E-state index contributed by atoms with van der Waals surface area (Å²) in [7, 11) is 2.89. The number of esters is 1. The van der Waals surface area contributed by atoms with Gasteiger partial charge >= 0.3 is 5.97 Å². The minimum atomic E-state index is -0.475. The van der Waals surface area contributed by atoms with Gasteiger partial charge in [-0.25, -0.2) is 14.8 Å². The minimum Gasteiger partial charge on any atom is -0.496 e. The van der Waals surface area contributed by atoms with Crippen molar-refractivity contribution in [2.45, 2.75) is 6.54 Å². The summed E-state index contributed by atoms with van der Waals surface area (Å²) in [5.74, 6) is 0.232. The summed E-state index contributed by atoms with van der Waals surface area (Å²) in [6.45, 7) is 0.292. The molecular formula is C21H20N4O4. The molecule has 0 atom stereocenters. The van der Waals surface area contributed by atoms with Crippen LogP contribution in [-0.2, 0) is 11.3 Å². The normalized spacial score (nSPS) is 10.1. The van der Waals surface area contributed by atoms with Gasteiger partial charge in [0, 0.05) is 18.2 Å². The molecule has 29 heavy (non-hydrogen) atoms. The zero-order valence-corrected chi connectivity index (χ0v) is 16.0. The number of amides is 1. The Morgan fingerprint density at radius 3 is 2.55 bits per heavy atom. The second-order valence-corrected chi connectivity index (χ2v) is 5.95. The van der Waals surface area contributed by atoms with Gasteiger partial charge in [0.1, 0.15) is 23.6 Å². The van der Waals surface area contributed by atoms with Crippen molar-refractivity contribution in [3.63, 3.8) is 0 Å². The van der Waals surface area contributed by atoms with Gasteiger partial charge < -0.3 is 20.1 Å². The molecule has 0 spiro atoms. The molecule has 1 heterocycles. The van der Waals surface area contributed by atoms with Crippen LogP contribution in [0.1, 0.15) is 26.4 Å². The van der Waals surface area contributed by atoms with Crippen LogP contribution in [0.15, 0.2) is 60.9 Å². The first-order chi connectivity index (χ1) is 14.1. The molecule has 0 aliphatic heterocycles. The van der Waals surface area contributed by atoms with E-state index in [0.717, 1.165) is 5.56 Å². The summed E-state index contributed by atoms with van der Waals surface area (Å²) in [5, 5.41) is 5.83. The fourth-order valence-corrected chi connectivity index (χ4v) is 2.68. The van der Waals surface area contributed by atoms with Crippen LogP contribution in [-0.4, -0.2) is 36.1 Å². The Morgan fingerprint density at radius 2 is 1.76 bits per heavy atom. The van der Waals surface area contributed by atoms with Crippen LogP contribution in [0.5, 0.6) is 5.75 Å². The zero-order valence-electron chi connectivity index (χ0n) is 16.0. The number of carbonyl (C=O) groups excluding carboxylic acids is 2. The summed E-state index contributed by atoms with van der Waals surface area (Å²) in [6.07, 6.45) is 1.28. The number of para-hydroxylation sites is 2. The van der Waals surface area contributed by atoms with E-state index in [-0.39, 0.29) is 11.6 Å². The van der Waals surface area contributed by atoms with Crippen molar-refractivity contribution >= 4 is 23.4 Å². The van der Waals surface area contributed by atoms with Crippen molar-refractivity contribution in [1.82, 2.24) is 15.3 Å². The molecule has 0 saturated heterocycles. The number of carbonyl (C=O) groups is 2. The average molecular weight is 392 g/mol. The predicted octanol–water partition coefficient (Wildman–Crippen LogP) is 2.95. The smallest absolute Gasteiger partial charge is 0.339 e. The van der Waals surface area contributed by atoms with Crippen LogP contribution in [0.4, 0.5) is 11.5 Å². The van der Waals surface area contributed by atoms with Crippen molar-refractivity contribution in [3.8, 4) is 5.75 Å². The fourth-order valence-electron chi connectivity index (χ4n) is 2.68. The molecule has 8 heteroatoms. The van der Waals surface area contributed by atoms with Gasteiger partial charge in [-0.1, -0.05) is 30.3 Å². The molecule has 0 fully saturated rings. The molecule has 8 nitrogen and oxygen atoms in total. The topological polar surface area (TPSA) is 102 Å². The van der Waals surface area contributed by atoms with Crippen LogP contribution in [0.25, 0.3) is 0 Å². The second kappa shape index (κ2) is 9.32. The molecule has 2 N–H and O–H groups in total. The van der Waals surface area contributed by atoms with E-state index in [9.17, 15) is 9.59 Å². The third kappa shape index (κ3) is 4.86. The molecule has 2 aromatic carbocycles. The first-order valence-electron chi connectivity index (χ1n) is 8.79. The molecule has 0 bridgehead atoms. The number of anilines is 2. The van der Waals surface area contributed by atoms with Gasteiger partial charge in [-0.2, -0.15) is 0 Å². The maximum Gasteiger partial charge on any atom is 0.339 e. The molecule has 3 rings (SSSR count). The number of ether oxygens (including phenoxy) is 2. The lowest BCUT2D eigenvalue weighted by Gasteiger charge is -2.11. The molecule has 0 radical (unpaired) electrons. The Balaban J connectivity index is 1.73. The predicted molar refractivity (Wildman–Crippen MR) is 107 cm³/mol. The maximum absolute atomic E-state index is 12.5. The standard InChI is InChI=1S/C21H20N4O4/c1-28-18-10-6-3-7-14(18)12-22-20(26)17-11-19(24-13-23-17)25-16-9-5-4-8-15(16)21(27)29-2/h3-11,13H,12H2,1-2H3,(H,22,26)(H,23,24,25). The van der Waals surface area contributed by atoms with Crippen molar-refractivity contribution in [3.05, 3.63) is 77.7 Å². The third-order valence-electron chi connectivity index (χ3n) is 4.13. The summed E-state index contributed by atoms with van der Waals surface area (Å²) in [6, 6.07) is 15.8.